The van der Waals surface area contributed by atoms with E-state index in [-0.39, 0.29) is 11.8 Å². The number of hydrogen-bond acceptors (Lipinski definition) is 7. The standard InChI is InChI=1S/C21H24N8O/c30-21(27-8-6-26(7-9-27)11-17-4-2-1-3-5-17)18-12-28(13-18)19-10-20(24-15-23-19)29-16-22-14-25-29/h1-5,10,14-16,18H,6-9,11-13H2. The Morgan fingerprint density at radius 2 is 1.73 bits per heavy atom. The number of piperazine rings is 1. The van der Waals surface area contributed by atoms with Gasteiger partial charge in [-0.1, -0.05) is 30.3 Å². The van der Waals surface area contributed by atoms with E-state index in [2.05, 4.69) is 54.1 Å². The number of rotatable bonds is 5. The molecule has 1 aromatic carbocycles. The lowest BCUT2D eigenvalue weighted by molar-refractivity contribution is -0.138. The second-order valence-electron chi connectivity index (χ2n) is 7.76. The number of nitrogens with zero attached hydrogens (tertiary/aromatic N) is 8. The van der Waals surface area contributed by atoms with Crippen molar-refractivity contribution in [2.75, 3.05) is 44.2 Å². The molecule has 2 saturated heterocycles. The zero-order chi connectivity index (χ0) is 20.3. The maximum Gasteiger partial charge on any atom is 0.229 e. The van der Waals surface area contributed by atoms with Crippen LogP contribution in [0.3, 0.4) is 0 Å². The van der Waals surface area contributed by atoms with E-state index in [0.717, 1.165) is 38.5 Å². The summed E-state index contributed by atoms with van der Waals surface area (Å²) in [4.78, 5) is 32.0. The van der Waals surface area contributed by atoms with E-state index in [0.29, 0.717) is 18.9 Å². The number of amides is 1. The molecular weight excluding hydrogens is 380 g/mol. The van der Waals surface area contributed by atoms with Crippen LogP contribution in [0.2, 0.25) is 0 Å². The molecule has 0 unspecified atom stereocenters. The first-order chi connectivity index (χ1) is 14.8. The van der Waals surface area contributed by atoms with Crippen LogP contribution in [0.5, 0.6) is 0 Å². The molecule has 9 nitrogen and oxygen atoms in total. The quantitative estimate of drug-likeness (QED) is 0.623. The van der Waals surface area contributed by atoms with Crippen molar-refractivity contribution in [2.24, 2.45) is 5.92 Å². The third-order valence-electron chi connectivity index (χ3n) is 5.78. The highest BCUT2D eigenvalue weighted by atomic mass is 16.2. The van der Waals surface area contributed by atoms with E-state index < -0.39 is 0 Å². The lowest BCUT2D eigenvalue weighted by atomic mass is 9.98. The summed E-state index contributed by atoms with van der Waals surface area (Å²) >= 11 is 0. The molecule has 0 atom stereocenters. The fourth-order valence-corrected chi connectivity index (χ4v) is 4.01. The van der Waals surface area contributed by atoms with Gasteiger partial charge in [0.25, 0.3) is 0 Å². The Kier molecular flexibility index (Phi) is 5.10. The number of benzene rings is 1. The van der Waals surface area contributed by atoms with Gasteiger partial charge >= 0.3 is 0 Å². The van der Waals surface area contributed by atoms with Gasteiger partial charge in [0, 0.05) is 51.9 Å². The van der Waals surface area contributed by atoms with Gasteiger partial charge in [-0.3, -0.25) is 9.69 Å². The minimum absolute atomic E-state index is 0.0375. The summed E-state index contributed by atoms with van der Waals surface area (Å²) in [6.07, 6.45) is 4.60. The van der Waals surface area contributed by atoms with Crippen molar-refractivity contribution < 1.29 is 4.79 Å². The molecule has 4 heterocycles. The van der Waals surface area contributed by atoms with Gasteiger partial charge in [-0.2, -0.15) is 5.10 Å². The summed E-state index contributed by atoms with van der Waals surface area (Å²) in [7, 11) is 0. The average molecular weight is 404 g/mol. The van der Waals surface area contributed by atoms with Crippen molar-refractivity contribution in [1.29, 1.82) is 0 Å². The Hall–Kier alpha value is -3.33. The van der Waals surface area contributed by atoms with Crippen LogP contribution in [0.1, 0.15) is 5.56 Å². The molecule has 2 fully saturated rings. The molecule has 30 heavy (non-hydrogen) atoms. The zero-order valence-electron chi connectivity index (χ0n) is 16.7. The second kappa shape index (κ2) is 8.19. The van der Waals surface area contributed by atoms with Gasteiger partial charge in [-0.25, -0.2) is 19.6 Å². The highest BCUT2D eigenvalue weighted by Crippen LogP contribution is 2.25. The largest absolute Gasteiger partial charge is 0.355 e. The van der Waals surface area contributed by atoms with Gasteiger partial charge in [-0.15, -0.1) is 0 Å². The summed E-state index contributed by atoms with van der Waals surface area (Å²) in [6.45, 7) is 5.77. The van der Waals surface area contributed by atoms with E-state index >= 15 is 0 Å². The van der Waals surface area contributed by atoms with Crippen molar-refractivity contribution in [3.8, 4) is 5.82 Å². The number of carbonyl (C=O) groups is 1. The van der Waals surface area contributed by atoms with Gasteiger partial charge in [0.15, 0.2) is 5.82 Å². The minimum Gasteiger partial charge on any atom is -0.355 e. The van der Waals surface area contributed by atoms with E-state index in [9.17, 15) is 4.79 Å². The van der Waals surface area contributed by atoms with Crippen LogP contribution in [0, 0.1) is 5.92 Å². The van der Waals surface area contributed by atoms with Gasteiger partial charge in [-0.05, 0) is 5.56 Å². The maximum absolute atomic E-state index is 12.9. The summed E-state index contributed by atoms with van der Waals surface area (Å²) in [5.74, 6) is 1.78. The Morgan fingerprint density at radius 1 is 0.967 bits per heavy atom. The summed E-state index contributed by atoms with van der Waals surface area (Å²) in [5, 5.41) is 4.10. The van der Waals surface area contributed by atoms with Crippen molar-refractivity contribution >= 4 is 11.7 Å². The van der Waals surface area contributed by atoms with Crippen LogP contribution >= 0.6 is 0 Å². The molecule has 2 aromatic heterocycles. The lowest BCUT2D eigenvalue weighted by Gasteiger charge is -2.43. The number of hydrogen-bond donors (Lipinski definition) is 0. The molecule has 1 amide bonds. The molecule has 5 rings (SSSR count). The van der Waals surface area contributed by atoms with Crippen molar-refractivity contribution in [2.45, 2.75) is 6.54 Å². The lowest BCUT2D eigenvalue weighted by Crippen LogP contribution is -2.58. The van der Waals surface area contributed by atoms with Crippen LogP contribution in [-0.2, 0) is 11.3 Å². The number of anilines is 1. The first-order valence-corrected chi connectivity index (χ1v) is 10.2. The van der Waals surface area contributed by atoms with Crippen LogP contribution in [0.25, 0.3) is 5.82 Å². The molecule has 0 spiro atoms. The molecule has 154 valence electrons. The Balaban J connectivity index is 1.12. The normalized spacial score (nSPS) is 17.7. The fraction of sp³-hybridized carbons (Fsp3) is 0.381. The first kappa shape index (κ1) is 18.7. The average Bonchev–Trinajstić information content (AvgIpc) is 3.29. The Bertz CT molecular complexity index is 979. The van der Waals surface area contributed by atoms with E-state index in [4.69, 9.17) is 0 Å². The molecule has 0 saturated carbocycles. The molecule has 0 radical (unpaired) electrons. The van der Waals surface area contributed by atoms with Gasteiger partial charge in [0.1, 0.15) is 24.8 Å². The molecular formula is C21H24N8O. The van der Waals surface area contributed by atoms with Crippen LogP contribution in [-0.4, -0.2) is 79.7 Å². The van der Waals surface area contributed by atoms with Crippen molar-refractivity contribution in [3.63, 3.8) is 0 Å². The van der Waals surface area contributed by atoms with Crippen LogP contribution in [0.4, 0.5) is 5.82 Å². The SMILES string of the molecule is O=C(C1CN(c2cc(-n3cncn3)ncn2)C1)N1CCN(Cc2ccccc2)CC1. The first-order valence-electron chi connectivity index (χ1n) is 10.2. The topological polar surface area (TPSA) is 83.3 Å². The minimum atomic E-state index is 0.0375. The highest BCUT2D eigenvalue weighted by Gasteiger charge is 2.37. The summed E-state index contributed by atoms with van der Waals surface area (Å²) in [5.41, 5.74) is 1.32. The Morgan fingerprint density at radius 3 is 2.47 bits per heavy atom. The van der Waals surface area contributed by atoms with E-state index in [1.807, 2.05) is 17.0 Å². The Labute approximate surface area is 175 Å². The molecule has 0 N–H and O–H groups in total. The second-order valence-corrected chi connectivity index (χ2v) is 7.76. The molecule has 2 aliphatic heterocycles. The number of carbonyl (C=O) groups excluding carboxylic acids is 1. The smallest absolute Gasteiger partial charge is 0.229 e. The molecule has 2 aliphatic rings. The van der Waals surface area contributed by atoms with Crippen molar-refractivity contribution in [1.82, 2.24) is 34.5 Å². The summed E-state index contributed by atoms with van der Waals surface area (Å²) in [6, 6.07) is 12.4. The van der Waals surface area contributed by atoms with Crippen molar-refractivity contribution in [3.05, 3.63) is 60.9 Å². The number of aromatic nitrogens is 5. The fourth-order valence-electron chi connectivity index (χ4n) is 4.01. The van der Waals surface area contributed by atoms with Gasteiger partial charge < -0.3 is 9.80 Å². The third-order valence-corrected chi connectivity index (χ3v) is 5.78. The van der Waals surface area contributed by atoms with Gasteiger partial charge in [0.05, 0.1) is 5.92 Å². The highest BCUT2D eigenvalue weighted by molar-refractivity contribution is 5.82. The van der Waals surface area contributed by atoms with E-state index in [1.165, 1.54) is 18.2 Å². The summed E-state index contributed by atoms with van der Waals surface area (Å²) < 4.78 is 1.60. The van der Waals surface area contributed by atoms with Gasteiger partial charge in [0.2, 0.25) is 5.91 Å². The monoisotopic (exact) mass is 404 g/mol. The third kappa shape index (κ3) is 3.88. The molecule has 0 bridgehead atoms. The molecule has 0 aliphatic carbocycles. The van der Waals surface area contributed by atoms with Crippen LogP contribution < -0.4 is 4.90 Å². The predicted molar refractivity (Wildman–Crippen MR) is 111 cm³/mol. The predicted octanol–water partition coefficient (Wildman–Crippen LogP) is 0.838. The van der Waals surface area contributed by atoms with Crippen LogP contribution in [0.15, 0.2) is 55.4 Å². The molecule has 9 heteroatoms. The molecule has 3 aromatic rings. The maximum atomic E-state index is 12.9. The van der Waals surface area contributed by atoms with E-state index in [1.54, 1.807) is 11.0 Å². The zero-order valence-corrected chi connectivity index (χ0v) is 16.7.